The molecule has 0 bridgehead atoms. The van der Waals surface area contributed by atoms with Crippen LogP contribution in [0, 0.1) is 0 Å². The fourth-order valence-electron chi connectivity index (χ4n) is 3.21. The third kappa shape index (κ3) is 5.14. The molecular formula is C16H26N6O. The van der Waals surface area contributed by atoms with Crippen molar-refractivity contribution < 1.29 is 4.79 Å². The maximum Gasteiger partial charge on any atom is 0.221 e. The van der Waals surface area contributed by atoms with Gasteiger partial charge in [0.1, 0.15) is 12.1 Å². The van der Waals surface area contributed by atoms with Gasteiger partial charge in [0.2, 0.25) is 5.91 Å². The largest absolute Gasteiger partial charge is 0.367 e. The van der Waals surface area contributed by atoms with Crippen LogP contribution in [0.4, 0.5) is 5.82 Å². The van der Waals surface area contributed by atoms with Gasteiger partial charge in [0.15, 0.2) is 0 Å². The summed E-state index contributed by atoms with van der Waals surface area (Å²) in [6.07, 6.45) is 6.27. The lowest BCUT2D eigenvalue weighted by molar-refractivity contribution is -0.120. The molecule has 3 rings (SSSR count). The Kier molecular flexibility index (Phi) is 5.76. The van der Waals surface area contributed by atoms with E-state index in [4.69, 9.17) is 0 Å². The second-order valence-corrected chi connectivity index (χ2v) is 6.30. The Morgan fingerprint density at radius 3 is 2.70 bits per heavy atom. The van der Waals surface area contributed by atoms with Gasteiger partial charge in [0.05, 0.1) is 0 Å². The molecule has 0 aliphatic carbocycles. The van der Waals surface area contributed by atoms with Crippen molar-refractivity contribution in [3.8, 4) is 0 Å². The highest BCUT2D eigenvalue weighted by Gasteiger charge is 2.20. The summed E-state index contributed by atoms with van der Waals surface area (Å²) in [4.78, 5) is 24.4. The molecule has 3 heterocycles. The first-order valence-corrected chi connectivity index (χ1v) is 8.53. The Hall–Kier alpha value is -1.73. The van der Waals surface area contributed by atoms with Crippen LogP contribution < -0.4 is 10.6 Å². The first kappa shape index (κ1) is 16.1. The molecule has 0 atom stereocenters. The van der Waals surface area contributed by atoms with Gasteiger partial charge in [0.25, 0.3) is 0 Å². The quantitative estimate of drug-likeness (QED) is 0.807. The van der Waals surface area contributed by atoms with Crippen LogP contribution in [0.1, 0.15) is 19.3 Å². The predicted octanol–water partition coefficient (Wildman–Crippen LogP) is 0.175. The third-order valence-electron chi connectivity index (χ3n) is 4.66. The summed E-state index contributed by atoms with van der Waals surface area (Å²) in [5.41, 5.74) is 0. The third-order valence-corrected chi connectivity index (χ3v) is 4.66. The topological polar surface area (TPSA) is 73.4 Å². The molecular weight excluding hydrogens is 292 g/mol. The van der Waals surface area contributed by atoms with Crippen molar-refractivity contribution in [3.05, 3.63) is 18.6 Å². The van der Waals surface area contributed by atoms with Gasteiger partial charge in [-0.25, -0.2) is 9.97 Å². The Morgan fingerprint density at radius 2 is 1.96 bits per heavy atom. The molecule has 7 heteroatoms. The lowest BCUT2D eigenvalue weighted by atomic mass is 10.1. The monoisotopic (exact) mass is 318 g/mol. The maximum absolute atomic E-state index is 11.4. The summed E-state index contributed by atoms with van der Waals surface area (Å²) in [5, 5.41) is 6.41. The van der Waals surface area contributed by atoms with E-state index in [2.05, 4.69) is 30.4 Å². The molecule has 2 aliphatic heterocycles. The normalized spacial score (nSPS) is 21.7. The van der Waals surface area contributed by atoms with Gasteiger partial charge in [-0.3, -0.25) is 9.69 Å². The number of aromatic nitrogens is 2. The molecule has 0 saturated carbocycles. The van der Waals surface area contributed by atoms with Gasteiger partial charge in [-0.1, -0.05) is 0 Å². The molecule has 0 radical (unpaired) electrons. The standard InChI is InChI=1S/C16H26N6O/c23-16-4-9-22(10-6-18-16)12-11-21-7-2-14(3-8-21)20-15-1-5-17-13-19-15/h1,5,13-14H,2-4,6-12H2,(H,18,23)(H,17,19,20). The lowest BCUT2D eigenvalue weighted by Crippen LogP contribution is -2.43. The molecule has 2 N–H and O–H groups in total. The molecule has 1 aromatic heterocycles. The van der Waals surface area contributed by atoms with Crippen LogP contribution >= 0.6 is 0 Å². The summed E-state index contributed by atoms with van der Waals surface area (Å²) in [6.45, 7) is 7.02. The van der Waals surface area contributed by atoms with Crippen LogP contribution in [0.15, 0.2) is 18.6 Å². The van der Waals surface area contributed by atoms with E-state index in [0.29, 0.717) is 12.5 Å². The number of hydrogen-bond acceptors (Lipinski definition) is 6. The second kappa shape index (κ2) is 8.21. The Bertz CT molecular complexity index is 489. The number of hydrogen-bond donors (Lipinski definition) is 2. The molecule has 126 valence electrons. The smallest absolute Gasteiger partial charge is 0.221 e. The van der Waals surface area contributed by atoms with Crippen molar-refractivity contribution in [2.75, 3.05) is 51.1 Å². The number of amides is 1. The van der Waals surface area contributed by atoms with E-state index in [1.54, 1.807) is 12.5 Å². The van der Waals surface area contributed by atoms with Crippen LogP contribution in [-0.4, -0.2) is 77.5 Å². The highest BCUT2D eigenvalue weighted by molar-refractivity contribution is 5.76. The highest BCUT2D eigenvalue weighted by atomic mass is 16.1. The molecule has 2 aliphatic rings. The van der Waals surface area contributed by atoms with Crippen molar-refractivity contribution in [2.45, 2.75) is 25.3 Å². The number of nitrogens with one attached hydrogen (secondary N) is 2. The van der Waals surface area contributed by atoms with Gasteiger partial charge in [-0.05, 0) is 18.9 Å². The van der Waals surface area contributed by atoms with E-state index < -0.39 is 0 Å². The Labute approximate surface area is 137 Å². The molecule has 7 nitrogen and oxygen atoms in total. The average Bonchev–Trinajstić information content (AvgIpc) is 2.80. The zero-order chi connectivity index (χ0) is 15.9. The summed E-state index contributed by atoms with van der Waals surface area (Å²) >= 11 is 0. The van der Waals surface area contributed by atoms with Gasteiger partial charge >= 0.3 is 0 Å². The molecule has 2 saturated heterocycles. The van der Waals surface area contributed by atoms with Crippen molar-refractivity contribution in [2.24, 2.45) is 0 Å². The van der Waals surface area contributed by atoms with Gasteiger partial charge in [0, 0.05) is 64.5 Å². The molecule has 1 aromatic rings. The van der Waals surface area contributed by atoms with Crippen LogP contribution in [0.3, 0.4) is 0 Å². The van der Waals surface area contributed by atoms with E-state index in [-0.39, 0.29) is 5.91 Å². The summed E-state index contributed by atoms with van der Waals surface area (Å²) in [7, 11) is 0. The minimum absolute atomic E-state index is 0.184. The van der Waals surface area contributed by atoms with E-state index in [1.807, 2.05) is 6.07 Å². The number of anilines is 1. The minimum Gasteiger partial charge on any atom is -0.367 e. The first-order chi connectivity index (χ1) is 11.3. The number of rotatable bonds is 5. The fraction of sp³-hybridized carbons (Fsp3) is 0.688. The van der Waals surface area contributed by atoms with E-state index in [9.17, 15) is 4.79 Å². The number of piperidine rings is 1. The van der Waals surface area contributed by atoms with Crippen molar-refractivity contribution in [1.82, 2.24) is 25.1 Å². The molecule has 23 heavy (non-hydrogen) atoms. The maximum atomic E-state index is 11.4. The minimum atomic E-state index is 0.184. The summed E-state index contributed by atoms with van der Waals surface area (Å²) in [6, 6.07) is 2.42. The summed E-state index contributed by atoms with van der Waals surface area (Å²) in [5.74, 6) is 1.10. The predicted molar refractivity (Wildman–Crippen MR) is 89.2 cm³/mol. The average molecular weight is 318 g/mol. The Balaban J connectivity index is 1.35. The van der Waals surface area contributed by atoms with Crippen LogP contribution in [-0.2, 0) is 4.79 Å². The van der Waals surface area contributed by atoms with Gasteiger partial charge in [-0.15, -0.1) is 0 Å². The van der Waals surface area contributed by atoms with Crippen LogP contribution in [0.5, 0.6) is 0 Å². The van der Waals surface area contributed by atoms with E-state index in [0.717, 1.165) is 64.5 Å². The molecule has 0 aromatic carbocycles. The molecule has 2 fully saturated rings. The first-order valence-electron chi connectivity index (χ1n) is 8.53. The molecule has 0 unspecified atom stereocenters. The zero-order valence-corrected chi connectivity index (χ0v) is 13.6. The van der Waals surface area contributed by atoms with Crippen molar-refractivity contribution >= 4 is 11.7 Å². The molecule has 1 amide bonds. The number of likely N-dealkylation sites (tertiary alicyclic amines) is 1. The van der Waals surface area contributed by atoms with Gasteiger partial charge < -0.3 is 15.5 Å². The van der Waals surface area contributed by atoms with E-state index >= 15 is 0 Å². The number of nitrogens with zero attached hydrogens (tertiary/aromatic N) is 4. The van der Waals surface area contributed by atoms with Gasteiger partial charge in [-0.2, -0.15) is 0 Å². The van der Waals surface area contributed by atoms with Crippen molar-refractivity contribution in [1.29, 1.82) is 0 Å². The number of carbonyl (C=O) groups is 1. The number of carbonyl (C=O) groups excluding carboxylic acids is 1. The Morgan fingerprint density at radius 1 is 1.17 bits per heavy atom. The van der Waals surface area contributed by atoms with E-state index in [1.165, 1.54) is 0 Å². The SMILES string of the molecule is O=C1CCN(CCN2CCC(Nc3ccncn3)CC2)CCN1. The molecule has 0 spiro atoms. The summed E-state index contributed by atoms with van der Waals surface area (Å²) < 4.78 is 0. The second-order valence-electron chi connectivity index (χ2n) is 6.30. The zero-order valence-electron chi connectivity index (χ0n) is 13.6. The lowest BCUT2D eigenvalue weighted by Gasteiger charge is -2.33. The van der Waals surface area contributed by atoms with Crippen LogP contribution in [0.2, 0.25) is 0 Å². The van der Waals surface area contributed by atoms with Crippen LogP contribution in [0.25, 0.3) is 0 Å². The fourth-order valence-corrected chi connectivity index (χ4v) is 3.21. The van der Waals surface area contributed by atoms with Crippen molar-refractivity contribution in [3.63, 3.8) is 0 Å². The highest BCUT2D eigenvalue weighted by Crippen LogP contribution is 2.14.